The number of rotatable bonds is 11. The Kier molecular flexibility index (Phi) is 8.25. The summed E-state index contributed by atoms with van der Waals surface area (Å²) in [6.45, 7) is 5.38. The fourth-order valence-corrected chi connectivity index (χ4v) is 3.29. The highest BCUT2D eigenvalue weighted by molar-refractivity contribution is 7.09. The molecule has 0 aliphatic rings. The number of aliphatic hydroxyl groups is 1. The number of aryl methyl sites for hydroxylation is 1. The first kappa shape index (κ1) is 18.9. The van der Waals surface area contributed by atoms with E-state index in [1.807, 2.05) is 31.2 Å². The number of hydrogen-bond donors (Lipinski definition) is 1. The Balaban J connectivity index is 1.83. The summed E-state index contributed by atoms with van der Waals surface area (Å²) in [7, 11) is 1.72. The second-order valence-electron chi connectivity index (χ2n) is 5.89. The van der Waals surface area contributed by atoms with Crippen molar-refractivity contribution in [3.63, 3.8) is 0 Å². The van der Waals surface area contributed by atoms with Gasteiger partial charge in [-0.15, -0.1) is 11.3 Å². The number of thiophene rings is 1. The topological polar surface area (TPSA) is 41.9 Å². The van der Waals surface area contributed by atoms with Gasteiger partial charge in [0.05, 0.1) is 0 Å². The van der Waals surface area contributed by atoms with Crippen molar-refractivity contribution >= 4 is 11.3 Å². The highest BCUT2D eigenvalue weighted by atomic mass is 32.1. The summed E-state index contributed by atoms with van der Waals surface area (Å²) in [4.78, 5) is 3.57. The number of methoxy groups -OCH3 is 1. The molecular formula is C19H27NO3S. The molecule has 2 aromatic rings. The first-order valence-corrected chi connectivity index (χ1v) is 9.17. The zero-order valence-electron chi connectivity index (χ0n) is 14.5. The molecule has 0 spiro atoms. The smallest absolute Gasteiger partial charge is 0.122 e. The standard InChI is InChI=1S/C19H27NO3S/c1-16-7-3-4-9-19(16)23-15-17(21)13-20(10-6-11-22-2)14-18-8-5-12-24-18/h3-5,7-9,12,17,21H,6,10-11,13-15H2,1-2H3. The summed E-state index contributed by atoms with van der Waals surface area (Å²) in [5.41, 5.74) is 1.08. The van der Waals surface area contributed by atoms with Crippen LogP contribution in [0, 0.1) is 6.92 Å². The number of hydrogen-bond acceptors (Lipinski definition) is 5. The molecule has 0 aliphatic heterocycles. The van der Waals surface area contributed by atoms with Crippen molar-refractivity contribution in [2.24, 2.45) is 0 Å². The molecule has 132 valence electrons. The normalized spacial score (nSPS) is 12.5. The van der Waals surface area contributed by atoms with Gasteiger partial charge in [0, 0.05) is 38.2 Å². The number of ether oxygens (including phenoxy) is 2. The molecule has 1 aromatic heterocycles. The van der Waals surface area contributed by atoms with Crippen LogP contribution in [0.25, 0.3) is 0 Å². The number of nitrogens with zero attached hydrogens (tertiary/aromatic N) is 1. The molecule has 0 saturated heterocycles. The maximum Gasteiger partial charge on any atom is 0.122 e. The van der Waals surface area contributed by atoms with Gasteiger partial charge < -0.3 is 14.6 Å². The van der Waals surface area contributed by atoms with Crippen molar-refractivity contribution in [1.29, 1.82) is 0 Å². The minimum Gasteiger partial charge on any atom is -0.491 e. The van der Waals surface area contributed by atoms with Gasteiger partial charge in [-0.25, -0.2) is 0 Å². The lowest BCUT2D eigenvalue weighted by molar-refractivity contribution is 0.0619. The Labute approximate surface area is 148 Å². The Morgan fingerprint density at radius 3 is 2.75 bits per heavy atom. The zero-order valence-corrected chi connectivity index (χ0v) is 15.3. The van der Waals surface area contributed by atoms with E-state index >= 15 is 0 Å². The summed E-state index contributed by atoms with van der Waals surface area (Å²) in [5.74, 6) is 0.834. The molecule has 0 aliphatic carbocycles. The lowest BCUT2D eigenvalue weighted by Gasteiger charge is -2.24. The van der Waals surface area contributed by atoms with Gasteiger partial charge in [-0.05, 0) is 36.4 Å². The third kappa shape index (κ3) is 6.61. The Bertz CT molecular complexity index is 574. The highest BCUT2D eigenvalue weighted by Crippen LogP contribution is 2.17. The Morgan fingerprint density at radius 2 is 2.04 bits per heavy atom. The lowest BCUT2D eigenvalue weighted by atomic mass is 10.2. The first-order valence-electron chi connectivity index (χ1n) is 8.29. The summed E-state index contributed by atoms with van der Waals surface area (Å²) >= 11 is 1.74. The van der Waals surface area contributed by atoms with E-state index in [9.17, 15) is 5.11 Å². The summed E-state index contributed by atoms with van der Waals surface area (Å²) < 4.78 is 10.9. The van der Waals surface area contributed by atoms with Crippen LogP contribution in [0.15, 0.2) is 41.8 Å². The SMILES string of the molecule is COCCCN(Cc1cccs1)CC(O)COc1ccccc1C. The van der Waals surface area contributed by atoms with Gasteiger partial charge in [-0.1, -0.05) is 24.3 Å². The predicted octanol–water partition coefficient (Wildman–Crippen LogP) is 3.33. The molecule has 1 N–H and O–H groups in total. The largest absolute Gasteiger partial charge is 0.491 e. The number of para-hydroxylation sites is 1. The van der Waals surface area contributed by atoms with E-state index in [0.29, 0.717) is 13.2 Å². The first-order chi connectivity index (χ1) is 11.7. The average Bonchev–Trinajstić information content (AvgIpc) is 3.07. The monoisotopic (exact) mass is 349 g/mol. The fourth-order valence-electron chi connectivity index (χ4n) is 2.55. The number of aliphatic hydroxyl groups excluding tert-OH is 1. The maximum atomic E-state index is 10.4. The van der Waals surface area contributed by atoms with Crippen molar-refractivity contribution in [1.82, 2.24) is 4.90 Å². The van der Waals surface area contributed by atoms with Crippen molar-refractivity contribution < 1.29 is 14.6 Å². The predicted molar refractivity (Wildman–Crippen MR) is 98.8 cm³/mol. The molecule has 1 atom stereocenters. The van der Waals surface area contributed by atoms with E-state index in [1.54, 1.807) is 18.4 Å². The van der Waals surface area contributed by atoms with Crippen LogP contribution in [0.1, 0.15) is 16.9 Å². The van der Waals surface area contributed by atoms with Crippen LogP contribution in [0.4, 0.5) is 0 Å². The van der Waals surface area contributed by atoms with Gasteiger partial charge in [-0.2, -0.15) is 0 Å². The minimum atomic E-state index is -0.521. The van der Waals surface area contributed by atoms with E-state index in [1.165, 1.54) is 4.88 Å². The molecule has 0 bridgehead atoms. The molecular weight excluding hydrogens is 322 g/mol. The van der Waals surface area contributed by atoms with Crippen LogP contribution < -0.4 is 4.74 Å². The molecule has 24 heavy (non-hydrogen) atoms. The van der Waals surface area contributed by atoms with Crippen molar-refractivity contribution in [2.45, 2.75) is 26.0 Å². The zero-order chi connectivity index (χ0) is 17.2. The third-order valence-electron chi connectivity index (χ3n) is 3.78. The molecule has 0 saturated carbocycles. The van der Waals surface area contributed by atoms with Gasteiger partial charge in [-0.3, -0.25) is 4.90 Å². The third-order valence-corrected chi connectivity index (χ3v) is 4.64. The lowest BCUT2D eigenvalue weighted by Crippen LogP contribution is -2.36. The van der Waals surface area contributed by atoms with Gasteiger partial charge >= 0.3 is 0 Å². The molecule has 5 heteroatoms. The van der Waals surface area contributed by atoms with E-state index in [4.69, 9.17) is 9.47 Å². The molecule has 1 unspecified atom stereocenters. The maximum absolute atomic E-state index is 10.4. The van der Waals surface area contributed by atoms with Gasteiger partial charge in [0.25, 0.3) is 0 Å². The van der Waals surface area contributed by atoms with Crippen molar-refractivity contribution in [2.75, 3.05) is 33.4 Å². The van der Waals surface area contributed by atoms with Crippen LogP contribution in [0.3, 0.4) is 0 Å². The minimum absolute atomic E-state index is 0.302. The van der Waals surface area contributed by atoms with Crippen molar-refractivity contribution in [3.05, 3.63) is 52.2 Å². The van der Waals surface area contributed by atoms with E-state index in [2.05, 4.69) is 22.4 Å². The molecule has 1 aromatic carbocycles. The number of benzene rings is 1. The molecule has 0 amide bonds. The van der Waals surface area contributed by atoms with E-state index in [0.717, 1.165) is 37.4 Å². The van der Waals surface area contributed by atoms with Crippen molar-refractivity contribution in [3.8, 4) is 5.75 Å². The molecule has 0 fully saturated rings. The average molecular weight is 349 g/mol. The van der Waals surface area contributed by atoms with E-state index < -0.39 is 6.10 Å². The van der Waals surface area contributed by atoms with Crippen LogP contribution >= 0.6 is 11.3 Å². The molecule has 1 heterocycles. The summed E-state index contributed by atoms with van der Waals surface area (Å²) in [6.07, 6.45) is 0.430. The van der Waals surface area contributed by atoms with Gasteiger partial charge in [0.15, 0.2) is 0 Å². The molecule has 0 radical (unpaired) electrons. The quantitative estimate of drug-likeness (QED) is 0.632. The highest BCUT2D eigenvalue weighted by Gasteiger charge is 2.14. The van der Waals surface area contributed by atoms with Crippen LogP contribution in [0.5, 0.6) is 5.75 Å². The summed E-state index contributed by atoms with van der Waals surface area (Å²) in [5, 5.41) is 12.4. The second-order valence-corrected chi connectivity index (χ2v) is 6.92. The molecule has 2 rings (SSSR count). The second kappa shape index (κ2) is 10.5. The van der Waals surface area contributed by atoms with Gasteiger partial charge in [0.1, 0.15) is 18.5 Å². The van der Waals surface area contributed by atoms with Gasteiger partial charge in [0.2, 0.25) is 0 Å². The summed E-state index contributed by atoms with van der Waals surface area (Å²) in [6, 6.07) is 12.1. The van der Waals surface area contributed by atoms with E-state index in [-0.39, 0.29) is 0 Å². The van der Waals surface area contributed by atoms with Crippen LogP contribution in [-0.2, 0) is 11.3 Å². The molecule has 4 nitrogen and oxygen atoms in total. The van der Waals surface area contributed by atoms with Crippen LogP contribution in [0.2, 0.25) is 0 Å². The van der Waals surface area contributed by atoms with Crippen LogP contribution in [-0.4, -0.2) is 49.5 Å². The Hall–Kier alpha value is -1.40. The Morgan fingerprint density at radius 1 is 1.21 bits per heavy atom. The fraction of sp³-hybridized carbons (Fsp3) is 0.474.